The highest BCUT2D eigenvalue weighted by atomic mass is 16.3. The smallest absolute Gasteiger partial charge is 0.253 e. The first-order chi connectivity index (χ1) is 42.0. The molecule has 8 heterocycles. The van der Waals surface area contributed by atoms with Gasteiger partial charge >= 0.3 is 0 Å². The van der Waals surface area contributed by atoms with Crippen LogP contribution in [0.15, 0.2) is 59.7 Å². The first-order valence-electron chi connectivity index (χ1n) is 30.3. The summed E-state index contributed by atoms with van der Waals surface area (Å²) in [5.41, 5.74) is 4.94. The zero-order valence-corrected chi connectivity index (χ0v) is 48.2. The molecule has 0 aliphatic heterocycles. The topological polar surface area (TPSA) is 371 Å². The number of nitrogens with one attached hydrogen (secondary N) is 6. The molecule has 8 aromatic heterocycles. The fourth-order valence-electron chi connectivity index (χ4n) is 12.9. The molecule has 4 fully saturated rings. The van der Waals surface area contributed by atoms with Crippen molar-refractivity contribution in [2.45, 2.75) is 191 Å². The molecule has 4 aliphatic rings. The predicted molar refractivity (Wildman–Crippen MR) is 317 cm³/mol. The Hall–Kier alpha value is -8.48. The minimum absolute atomic E-state index is 0.00152. The number of hydrogen-bond acceptors (Lipinski definition) is 24. The number of anilines is 6. The SMILES string of the molecule is CCn1cnc(CCNc2nc(NC3CCC(Nc4c(NC5CCC(Nc6nc(NCCc7cn(CC)cn7)nc7c6ncn7[C@@H]6C[C@H](n7ncc(CO)n7)[C@@H](O)[C@H]6O)CC5)c(=O)c4=O)CC3)c3ncn([C@H]4CC[C@@H](n5ncc(CO)n5)C4)c3n2)c1. The maximum Gasteiger partial charge on any atom is 0.253 e. The van der Waals surface area contributed by atoms with Gasteiger partial charge in [0, 0.05) is 81.6 Å². The maximum atomic E-state index is 13.2. The molecule has 1 aromatic carbocycles. The van der Waals surface area contributed by atoms with Crippen LogP contribution in [0.3, 0.4) is 0 Å². The van der Waals surface area contributed by atoms with E-state index in [1.165, 1.54) is 11.0 Å². The quantitative estimate of drug-likeness (QED) is 0.0389. The second-order valence-electron chi connectivity index (χ2n) is 23.4. The molecule has 0 saturated heterocycles. The van der Waals surface area contributed by atoms with E-state index in [4.69, 9.17) is 29.9 Å². The van der Waals surface area contributed by atoms with Crippen LogP contribution in [0, 0.1) is 0 Å². The van der Waals surface area contributed by atoms with E-state index >= 15 is 0 Å². The summed E-state index contributed by atoms with van der Waals surface area (Å²) in [4.78, 5) is 68.1. The molecular formula is C56H74N24O6. The van der Waals surface area contributed by atoms with Crippen molar-refractivity contribution in [2.75, 3.05) is 45.0 Å². The number of rotatable bonds is 24. The van der Waals surface area contributed by atoms with E-state index in [0.29, 0.717) is 88.9 Å². The Kier molecular flexibility index (Phi) is 16.1. The van der Waals surface area contributed by atoms with Gasteiger partial charge in [-0.3, -0.25) is 9.59 Å². The fraction of sp³-hybridized carbons (Fsp3) is 0.571. The van der Waals surface area contributed by atoms with Crippen LogP contribution in [0.4, 0.5) is 34.9 Å². The molecule has 4 saturated carbocycles. The molecule has 0 bridgehead atoms. The Morgan fingerprint density at radius 3 is 1.48 bits per heavy atom. The Morgan fingerprint density at radius 2 is 0.977 bits per heavy atom. The van der Waals surface area contributed by atoms with Crippen molar-refractivity contribution in [1.29, 1.82) is 0 Å². The molecule has 0 spiro atoms. The minimum Gasteiger partial charge on any atom is -0.390 e. The lowest BCUT2D eigenvalue weighted by Gasteiger charge is -2.33. The normalized spacial score (nSPS) is 24.3. The third-order valence-electron chi connectivity index (χ3n) is 17.8. The number of aliphatic hydroxyl groups is 4. The summed E-state index contributed by atoms with van der Waals surface area (Å²) in [6.45, 7) is 6.46. The number of aryl methyl sites for hydroxylation is 2. The van der Waals surface area contributed by atoms with Crippen LogP contribution < -0.4 is 42.8 Å². The first-order valence-corrected chi connectivity index (χ1v) is 30.3. The van der Waals surface area contributed by atoms with E-state index in [0.717, 1.165) is 101 Å². The van der Waals surface area contributed by atoms with Crippen molar-refractivity contribution in [1.82, 2.24) is 88.1 Å². The van der Waals surface area contributed by atoms with Crippen LogP contribution in [0.1, 0.15) is 138 Å². The second kappa shape index (κ2) is 24.5. The van der Waals surface area contributed by atoms with Gasteiger partial charge in [0.25, 0.3) is 10.9 Å². The Bertz CT molecular complexity index is 3860. The molecule has 0 amide bonds. The lowest BCUT2D eigenvalue weighted by molar-refractivity contribution is 0.00491. The van der Waals surface area contributed by atoms with Gasteiger partial charge in [-0.25, -0.2) is 19.9 Å². The van der Waals surface area contributed by atoms with Gasteiger partial charge in [0.1, 0.15) is 41.0 Å². The summed E-state index contributed by atoms with van der Waals surface area (Å²) >= 11 is 0. The molecule has 9 aromatic rings. The molecular weight excluding hydrogens is 1100 g/mol. The first kappa shape index (κ1) is 56.6. The van der Waals surface area contributed by atoms with E-state index in [1.807, 2.05) is 29.7 Å². The monoisotopic (exact) mass is 1180 g/mol. The van der Waals surface area contributed by atoms with E-state index in [1.54, 1.807) is 21.9 Å². The van der Waals surface area contributed by atoms with Crippen molar-refractivity contribution < 1.29 is 20.4 Å². The van der Waals surface area contributed by atoms with Gasteiger partial charge in [-0.1, -0.05) is 0 Å². The molecule has 0 radical (unpaired) electrons. The molecule has 6 atom stereocenters. The van der Waals surface area contributed by atoms with Crippen LogP contribution in [0.5, 0.6) is 0 Å². The summed E-state index contributed by atoms with van der Waals surface area (Å²) in [5.74, 6) is 2.04. The van der Waals surface area contributed by atoms with Crippen molar-refractivity contribution in [3.05, 3.63) is 93.3 Å². The number of aromatic nitrogens is 18. The van der Waals surface area contributed by atoms with Crippen LogP contribution in [0.25, 0.3) is 22.3 Å². The van der Waals surface area contributed by atoms with Crippen molar-refractivity contribution in [2.24, 2.45) is 0 Å². The van der Waals surface area contributed by atoms with E-state index in [2.05, 4.69) is 91.4 Å². The Balaban J connectivity index is 0.642. The average molecular weight is 1180 g/mol. The average Bonchev–Trinajstić information content (AvgIpc) is 3.39. The third-order valence-corrected chi connectivity index (χ3v) is 17.8. The summed E-state index contributed by atoms with van der Waals surface area (Å²) in [5, 5.41) is 80.4. The van der Waals surface area contributed by atoms with Crippen molar-refractivity contribution in [3.63, 3.8) is 0 Å². The van der Waals surface area contributed by atoms with Crippen molar-refractivity contribution in [3.8, 4) is 0 Å². The highest BCUT2D eigenvalue weighted by Crippen LogP contribution is 2.42. The predicted octanol–water partition coefficient (Wildman–Crippen LogP) is 3.02. The maximum absolute atomic E-state index is 13.2. The summed E-state index contributed by atoms with van der Waals surface area (Å²) in [7, 11) is 0. The largest absolute Gasteiger partial charge is 0.390 e. The highest BCUT2D eigenvalue weighted by molar-refractivity contribution is 5.85. The van der Waals surface area contributed by atoms with Crippen LogP contribution >= 0.6 is 0 Å². The number of imidazole rings is 4. The lowest BCUT2D eigenvalue weighted by Crippen LogP contribution is -2.43. The molecule has 4 aliphatic carbocycles. The molecule has 10 N–H and O–H groups in total. The fourth-order valence-corrected chi connectivity index (χ4v) is 12.9. The zero-order valence-electron chi connectivity index (χ0n) is 48.2. The molecule has 13 rings (SSSR count). The molecule has 0 unspecified atom stereocenters. The summed E-state index contributed by atoms with van der Waals surface area (Å²) < 4.78 is 8.00. The Labute approximate surface area is 493 Å². The van der Waals surface area contributed by atoms with Gasteiger partial charge in [-0.05, 0) is 90.9 Å². The van der Waals surface area contributed by atoms with E-state index in [9.17, 15) is 30.0 Å². The van der Waals surface area contributed by atoms with Gasteiger partial charge in [0.15, 0.2) is 34.0 Å². The molecule has 454 valence electrons. The molecule has 30 nitrogen and oxygen atoms in total. The van der Waals surface area contributed by atoms with Gasteiger partial charge in [-0.2, -0.15) is 49.9 Å². The number of hydrogen-bond donors (Lipinski definition) is 10. The molecule has 86 heavy (non-hydrogen) atoms. The van der Waals surface area contributed by atoms with Gasteiger partial charge < -0.3 is 70.6 Å². The third kappa shape index (κ3) is 11.6. The van der Waals surface area contributed by atoms with Gasteiger partial charge in [-0.15, -0.1) is 0 Å². The van der Waals surface area contributed by atoms with Gasteiger partial charge in [0.05, 0.1) is 74.4 Å². The minimum atomic E-state index is -1.19. The zero-order chi connectivity index (χ0) is 59.0. The number of nitrogens with zero attached hydrogens (tertiary/aromatic N) is 18. The number of fused-ring (bicyclic) bond motifs is 2. The highest BCUT2D eigenvalue weighted by Gasteiger charge is 2.45. The van der Waals surface area contributed by atoms with Crippen LogP contribution in [0.2, 0.25) is 0 Å². The summed E-state index contributed by atoms with van der Waals surface area (Å²) in [6, 6.07) is -1.03. The second-order valence-corrected chi connectivity index (χ2v) is 23.4. The van der Waals surface area contributed by atoms with Crippen LogP contribution in [-0.4, -0.2) is 158 Å². The van der Waals surface area contributed by atoms with E-state index < -0.39 is 35.1 Å². The molecule has 30 heteroatoms. The number of aliphatic hydroxyl groups excluding tert-OH is 4. The van der Waals surface area contributed by atoms with Gasteiger partial charge in [0.2, 0.25) is 11.9 Å². The summed E-state index contributed by atoms with van der Waals surface area (Å²) in [6.07, 6.45) is 22.1. The standard InChI is InChI=1S/C56H74N24O6/c1-3-75-23-35(59-27-75)15-17-57-55-69-51(45-53(71-55)77(29-61-45)39-13-14-40(19-39)79-63-21-37(25-81)73-79)67-33-9-5-31(6-10-33)65-43-44(50(86)49(43)85)66-32-7-11-34(12-8-32)68-52-46-54(72-56(70-52)58-18-16-36-24-76(4-2)28-60-36)78(30-62-46)41-20-42(48(84)47(41)83)80-64-22-38(26-82)74-80/h21-24,27-34,39-42,47-48,65-66,81-84H,3-20,25-26H2,1-2H3,(H2,57,67,69,71)(H2,58,68,70,72)/t31?,32?,33?,34?,39-,40+,41+,42-,47-,48+/m0/s1. The van der Waals surface area contributed by atoms with E-state index in [-0.39, 0.29) is 55.9 Å². The van der Waals surface area contributed by atoms with Crippen molar-refractivity contribution >= 4 is 57.2 Å². The Morgan fingerprint density at radius 1 is 0.512 bits per heavy atom. The lowest BCUT2D eigenvalue weighted by atomic mass is 9.90. The van der Waals surface area contributed by atoms with Crippen LogP contribution in [-0.2, 0) is 39.1 Å².